The molecule has 3 aromatic rings. The number of aryl methyl sites for hydroxylation is 1. The van der Waals surface area contributed by atoms with Gasteiger partial charge in [0, 0.05) is 39.8 Å². The van der Waals surface area contributed by atoms with Crippen LogP contribution >= 0.6 is 23.2 Å². The summed E-state index contributed by atoms with van der Waals surface area (Å²) in [6.07, 6.45) is 7.43. The minimum absolute atomic E-state index is 0.0962. The number of hydrogen-bond acceptors (Lipinski definition) is 2. The van der Waals surface area contributed by atoms with Crippen molar-refractivity contribution in [1.29, 1.82) is 0 Å². The van der Waals surface area contributed by atoms with Crippen LogP contribution in [-0.2, 0) is 11.2 Å². The lowest BCUT2D eigenvalue weighted by molar-refractivity contribution is -0.150. The van der Waals surface area contributed by atoms with Crippen LogP contribution in [-0.4, -0.2) is 22.3 Å². The smallest absolute Gasteiger partial charge is 0.229 e. The molecule has 1 aliphatic heterocycles. The van der Waals surface area contributed by atoms with Crippen molar-refractivity contribution in [2.24, 2.45) is 5.41 Å². The van der Waals surface area contributed by atoms with E-state index in [2.05, 4.69) is 54.8 Å². The number of hydrogen-bond donors (Lipinski definition) is 0. The fraction of sp³-hybridized carbons (Fsp3) is 0.375. The fourth-order valence-corrected chi connectivity index (χ4v) is 6.21. The summed E-state index contributed by atoms with van der Waals surface area (Å²) in [6.45, 7) is 6.71. The van der Waals surface area contributed by atoms with Gasteiger partial charge in [-0.15, -0.1) is 6.58 Å². The van der Waals surface area contributed by atoms with Crippen molar-refractivity contribution in [3.8, 4) is 0 Å². The zero-order valence-corrected chi connectivity index (χ0v) is 22.9. The van der Waals surface area contributed by atoms with Crippen molar-refractivity contribution < 1.29 is 4.79 Å². The zero-order valence-electron chi connectivity index (χ0n) is 21.4. The molecule has 192 valence electrons. The van der Waals surface area contributed by atoms with Crippen molar-refractivity contribution >= 4 is 29.1 Å². The molecule has 1 aliphatic carbocycles. The zero-order chi connectivity index (χ0) is 26.0. The third kappa shape index (κ3) is 5.78. The Kier molecular flexibility index (Phi) is 7.74. The molecule has 2 heterocycles. The summed E-state index contributed by atoms with van der Waals surface area (Å²) in [6, 6.07) is 22.3. The van der Waals surface area contributed by atoms with Gasteiger partial charge >= 0.3 is 0 Å². The van der Waals surface area contributed by atoms with Gasteiger partial charge in [-0.1, -0.05) is 66.5 Å². The highest BCUT2D eigenvalue weighted by Crippen LogP contribution is 2.51. The number of carbonyl (C=O) groups excluding carboxylic acids is 1. The van der Waals surface area contributed by atoms with Gasteiger partial charge in [-0.05, 0) is 86.1 Å². The Morgan fingerprint density at radius 3 is 2.49 bits per heavy atom. The molecule has 3 atom stereocenters. The molecule has 1 aromatic heterocycles. The summed E-state index contributed by atoms with van der Waals surface area (Å²) >= 11 is 12.7. The normalized spacial score (nSPS) is 23.8. The minimum Gasteiger partial charge on any atom is -0.335 e. The number of halogens is 2. The second-order valence-electron chi connectivity index (χ2n) is 10.8. The summed E-state index contributed by atoms with van der Waals surface area (Å²) < 4.78 is 0. The van der Waals surface area contributed by atoms with Gasteiger partial charge in [-0.3, -0.25) is 9.78 Å². The van der Waals surface area contributed by atoms with Crippen LogP contribution in [0.3, 0.4) is 0 Å². The topological polar surface area (TPSA) is 33.2 Å². The Hall–Kier alpha value is -2.62. The van der Waals surface area contributed by atoms with Crippen LogP contribution in [0.1, 0.15) is 79.4 Å². The highest BCUT2D eigenvalue weighted by atomic mass is 35.5. The minimum atomic E-state index is -0.526. The number of allylic oxidation sites excluding steroid dienone is 1. The molecular weight excluding hydrogens is 499 g/mol. The van der Waals surface area contributed by atoms with E-state index in [4.69, 9.17) is 28.2 Å². The van der Waals surface area contributed by atoms with Crippen LogP contribution in [0.4, 0.5) is 0 Å². The van der Waals surface area contributed by atoms with E-state index in [0.29, 0.717) is 28.9 Å². The molecule has 2 aromatic carbocycles. The van der Waals surface area contributed by atoms with Crippen molar-refractivity contribution in [2.75, 3.05) is 6.54 Å². The Bertz CT molecular complexity index is 1270. The molecule has 1 saturated heterocycles. The van der Waals surface area contributed by atoms with E-state index in [1.807, 2.05) is 36.4 Å². The molecule has 1 saturated carbocycles. The number of aromatic nitrogens is 1. The molecule has 3 nitrogen and oxygen atoms in total. The van der Waals surface area contributed by atoms with Crippen molar-refractivity contribution in [3.63, 3.8) is 0 Å². The maximum absolute atomic E-state index is 14.1. The summed E-state index contributed by atoms with van der Waals surface area (Å²) in [4.78, 5) is 21.1. The quantitative estimate of drug-likeness (QED) is 0.258. The van der Waals surface area contributed by atoms with Gasteiger partial charge in [-0.2, -0.15) is 0 Å². The van der Waals surface area contributed by atoms with Gasteiger partial charge in [-0.25, -0.2) is 0 Å². The maximum Gasteiger partial charge on any atom is 0.229 e. The summed E-state index contributed by atoms with van der Waals surface area (Å²) in [5.74, 6) is 0.917. The number of likely N-dealkylation sites (tertiary alicyclic amines) is 1. The molecule has 5 rings (SSSR count). The number of pyridine rings is 1. The van der Waals surface area contributed by atoms with Crippen molar-refractivity contribution in [2.45, 2.75) is 63.3 Å². The van der Waals surface area contributed by atoms with Gasteiger partial charge in [0.2, 0.25) is 5.91 Å². The highest BCUT2D eigenvalue weighted by molar-refractivity contribution is 6.30. The van der Waals surface area contributed by atoms with Gasteiger partial charge in [0.25, 0.3) is 0 Å². The summed E-state index contributed by atoms with van der Waals surface area (Å²) in [5.41, 5.74) is 4.04. The van der Waals surface area contributed by atoms with Gasteiger partial charge < -0.3 is 4.90 Å². The van der Waals surface area contributed by atoms with Gasteiger partial charge in [0.15, 0.2) is 0 Å². The maximum atomic E-state index is 14.1. The van der Waals surface area contributed by atoms with E-state index in [0.717, 1.165) is 36.1 Å². The Morgan fingerprint density at radius 1 is 1.03 bits per heavy atom. The molecule has 0 unspecified atom stereocenters. The molecule has 2 aliphatic rings. The van der Waals surface area contributed by atoms with Crippen LogP contribution < -0.4 is 0 Å². The first kappa shape index (κ1) is 26.0. The standard InChI is InChI=1S/C32H34Cl2N2O/c1-3-18-32(2)21-28(24-7-4-8-26(34)20-24)30(23-14-16-25(33)17-15-23)36(31(32)37)19-6-10-27-9-5-11-29(35-27)22-12-13-22/h3-5,7-9,11,14-17,20,22,28,30H,1,6,10,12-13,18-19,21H2,2H3/t28-,30-,32+/m1/s1. The highest BCUT2D eigenvalue weighted by Gasteiger charge is 2.48. The molecule has 0 radical (unpaired) electrons. The van der Waals surface area contributed by atoms with Crippen molar-refractivity contribution in [3.05, 3.63) is 112 Å². The first-order chi connectivity index (χ1) is 17.9. The van der Waals surface area contributed by atoms with E-state index in [1.165, 1.54) is 18.5 Å². The molecule has 0 bridgehead atoms. The number of carbonyl (C=O) groups is 1. The van der Waals surface area contributed by atoms with E-state index < -0.39 is 5.41 Å². The monoisotopic (exact) mass is 532 g/mol. The Morgan fingerprint density at radius 2 is 1.78 bits per heavy atom. The molecular formula is C32H34Cl2N2O. The van der Waals surface area contributed by atoms with Crippen molar-refractivity contribution in [1.82, 2.24) is 9.88 Å². The van der Waals surface area contributed by atoms with E-state index in [-0.39, 0.29) is 17.9 Å². The average molecular weight is 534 g/mol. The average Bonchev–Trinajstić information content (AvgIpc) is 3.73. The lowest BCUT2D eigenvalue weighted by Crippen LogP contribution is -2.52. The van der Waals surface area contributed by atoms with Gasteiger partial charge in [0.05, 0.1) is 11.5 Å². The predicted molar refractivity (Wildman–Crippen MR) is 152 cm³/mol. The molecule has 1 amide bonds. The van der Waals surface area contributed by atoms with Crippen LogP contribution in [0.2, 0.25) is 10.0 Å². The van der Waals surface area contributed by atoms with Crippen LogP contribution in [0.5, 0.6) is 0 Å². The van der Waals surface area contributed by atoms with E-state index >= 15 is 0 Å². The molecule has 0 N–H and O–H groups in total. The number of rotatable bonds is 9. The molecule has 0 spiro atoms. The molecule has 2 fully saturated rings. The number of benzene rings is 2. The van der Waals surface area contributed by atoms with Gasteiger partial charge in [0.1, 0.15) is 0 Å². The first-order valence-electron chi connectivity index (χ1n) is 13.3. The molecule has 5 heteroatoms. The second kappa shape index (κ2) is 11.0. The van der Waals surface area contributed by atoms with Crippen LogP contribution in [0.25, 0.3) is 0 Å². The van der Waals surface area contributed by atoms with E-state index in [1.54, 1.807) is 0 Å². The van der Waals surface area contributed by atoms with E-state index in [9.17, 15) is 4.79 Å². The Labute approximate surface area is 230 Å². The van der Waals surface area contributed by atoms with Crippen LogP contribution in [0, 0.1) is 5.41 Å². The predicted octanol–water partition coefficient (Wildman–Crippen LogP) is 8.54. The third-order valence-corrected chi connectivity index (χ3v) is 8.39. The number of nitrogens with zero attached hydrogens (tertiary/aromatic N) is 2. The summed E-state index contributed by atoms with van der Waals surface area (Å²) in [7, 11) is 0. The SMILES string of the molecule is C=CC[C@@]1(C)C[C@H](c2cccc(Cl)c2)[C@@H](c2ccc(Cl)cc2)N(CCCc2cccc(C3CC3)n2)C1=O. The lowest BCUT2D eigenvalue weighted by atomic mass is 9.67. The molecule has 37 heavy (non-hydrogen) atoms. The first-order valence-corrected chi connectivity index (χ1v) is 14.0. The summed E-state index contributed by atoms with van der Waals surface area (Å²) in [5, 5.41) is 1.40. The lowest BCUT2D eigenvalue weighted by Gasteiger charge is -2.49. The third-order valence-electron chi connectivity index (χ3n) is 7.90. The Balaban J connectivity index is 1.48. The fourth-order valence-electron chi connectivity index (χ4n) is 5.89. The number of amides is 1. The van der Waals surface area contributed by atoms with Crippen LogP contribution in [0.15, 0.2) is 79.4 Å². The number of piperidine rings is 1. The second-order valence-corrected chi connectivity index (χ2v) is 11.7. The largest absolute Gasteiger partial charge is 0.335 e.